The van der Waals surface area contributed by atoms with Crippen LogP contribution in [0.2, 0.25) is 0 Å². The Bertz CT molecular complexity index is 468. The topological polar surface area (TPSA) is 58.2 Å². The molecule has 0 spiro atoms. The van der Waals surface area contributed by atoms with Gasteiger partial charge < -0.3 is 10.6 Å². The highest BCUT2D eigenvalue weighted by Gasteiger charge is 2.23. The van der Waals surface area contributed by atoms with Gasteiger partial charge >= 0.3 is 0 Å². The normalized spacial score (nSPS) is 17.4. The molecule has 2 N–H and O–H groups in total. The van der Waals surface area contributed by atoms with E-state index < -0.39 is 0 Å². The van der Waals surface area contributed by atoms with E-state index in [1.807, 2.05) is 18.2 Å². The van der Waals surface area contributed by atoms with Gasteiger partial charge in [0.25, 0.3) is 0 Å². The van der Waals surface area contributed by atoms with Crippen LogP contribution in [-0.4, -0.2) is 11.8 Å². The maximum absolute atomic E-state index is 11.1. The summed E-state index contributed by atoms with van der Waals surface area (Å²) in [6.07, 6.45) is 1.90. The molecule has 4 heteroatoms. The second-order valence-electron chi connectivity index (χ2n) is 4.39. The van der Waals surface area contributed by atoms with Crippen molar-refractivity contribution < 1.29 is 9.59 Å². The van der Waals surface area contributed by atoms with Crippen LogP contribution in [0.3, 0.4) is 0 Å². The zero-order valence-electron chi connectivity index (χ0n) is 10.0. The summed E-state index contributed by atoms with van der Waals surface area (Å²) in [6, 6.07) is 5.94. The Morgan fingerprint density at radius 3 is 2.65 bits per heavy atom. The smallest absolute Gasteiger partial charge is 0.221 e. The van der Waals surface area contributed by atoms with Crippen molar-refractivity contribution in [3.05, 3.63) is 29.3 Å². The minimum atomic E-state index is -0.0842. The predicted octanol–water partition coefficient (Wildman–Crippen LogP) is 1.77. The number of carbonyl (C=O) groups excluding carboxylic acids is 2. The molecule has 17 heavy (non-hydrogen) atoms. The molecule has 2 rings (SSSR count). The fourth-order valence-corrected chi connectivity index (χ4v) is 2.28. The third-order valence-electron chi connectivity index (χ3n) is 2.92. The van der Waals surface area contributed by atoms with Gasteiger partial charge in [-0.15, -0.1) is 0 Å². The Hall–Kier alpha value is -1.84. The van der Waals surface area contributed by atoms with Crippen LogP contribution in [0.15, 0.2) is 18.2 Å². The van der Waals surface area contributed by atoms with Crippen molar-refractivity contribution in [2.24, 2.45) is 0 Å². The molecule has 2 amide bonds. The molecule has 0 fully saturated rings. The molecule has 1 aromatic carbocycles. The van der Waals surface area contributed by atoms with Gasteiger partial charge in [-0.3, -0.25) is 9.59 Å². The van der Waals surface area contributed by atoms with E-state index >= 15 is 0 Å². The van der Waals surface area contributed by atoms with E-state index in [1.54, 1.807) is 0 Å². The standard InChI is InChI=1S/C13H16N2O2/c1-8(16)14-11-5-3-10-4-6-13(12(10)7-11)15-9(2)17/h3,5,7,13H,4,6H2,1-2H3,(H,14,16)(H,15,17). The highest BCUT2D eigenvalue weighted by atomic mass is 16.2. The molecule has 1 aromatic rings. The van der Waals surface area contributed by atoms with Crippen LogP contribution in [0.4, 0.5) is 5.69 Å². The van der Waals surface area contributed by atoms with E-state index in [-0.39, 0.29) is 17.9 Å². The highest BCUT2D eigenvalue weighted by Crippen LogP contribution is 2.32. The number of nitrogens with one attached hydrogen (secondary N) is 2. The molecule has 0 saturated heterocycles. The average molecular weight is 232 g/mol. The van der Waals surface area contributed by atoms with E-state index in [0.29, 0.717) is 0 Å². The van der Waals surface area contributed by atoms with Crippen molar-refractivity contribution in [2.45, 2.75) is 32.7 Å². The largest absolute Gasteiger partial charge is 0.350 e. The maximum atomic E-state index is 11.1. The van der Waals surface area contributed by atoms with Crippen LogP contribution >= 0.6 is 0 Å². The Morgan fingerprint density at radius 1 is 1.24 bits per heavy atom. The predicted molar refractivity (Wildman–Crippen MR) is 65.6 cm³/mol. The number of hydrogen-bond donors (Lipinski definition) is 2. The Labute approximate surface area is 100 Å². The van der Waals surface area contributed by atoms with Crippen molar-refractivity contribution >= 4 is 17.5 Å². The number of carbonyl (C=O) groups is 2. The van der Waals surface area contributed by atoms with E-state index in [9.17, 15) is 9.59 Å². The van der Waals surface area contributed by atoms with Crippen molar-refractivity contribution in [3.8, 4) is 0 Å². The lowest BCUT2D eigenvalue weighted by molar-refractivity contribution is -0.119. The van der Waals surface area contributed by atoms with Gasteiger partial charge in [0.05, 0.1) is 6.04 Å². The number of aryl methyl sites for hydroxylation is 1. The Morgan fingerprint density at radius 2 is 2.00 bits per heavy atom. The summed E-state index contributed by atoms with van der Waals surface area (Å²) in [5.41, 5.74) is 3.15. The summed E-state index contributed by atoms with van der Waals surface area (Å²) in [4.78, 5) is 22.1. The molecule has 1 aliphatic rings. The molecule has 1 aliphatic carbocycles. The summed E-state index contributed by atoms with van der Waals surface area (Å²) in [5, 5.41) is 5.68. The van der Waals surface area contributed by atoms with E-state index in [2.05, 4.69) is 10.6 Å². The third-order valence-corrected chi connectivity index (χ3v) is 2.92. The maximum Gasteiger partial charge on any atom is 0.221 e. The molecule has 4 nitrogen and oxygen atoms in total. The number of fused-ring (bicyclic) bond motifs is 1. The van der Waals surface area contributed by atoms with Gasteiger partial charge in [-0.2, -0.15) is 0 Å². The number of anilines is 1. The monoisotopic (exact) mass is 232 g/mol. The number of benzene rings is 1. The van der Waals surface area contributed by atoms with Crippen molar-refractivity contribution in [1.82, 2.24) is 5.32 Å². The molecular formula is C13H16N2O2. The lowest BCUT2D eigenvalue weighted by atomic mass is 10.1. The van der Waals surface area contributed by atoms with Gasteiger partial charge in [0, 0.05) is 19.5 Å². The molecule has 0 aliphatic heterocycles. The van der Waals surface area contributed by atoms with E-state index in [4.69, 9.17) is 0 Å². The first kappa shape index (κ1) is 11.6. The van der Waals surface area contributed by atoms with E-state index in [0.717, 1.165) is 24.1 Å². The molecule has 0 saturated carbocycles. The van der Waals surface area contributed by atoms with Gasteiger partial charge in [-0.05, 0) is 36.1 Å². The van der Waals surface area contributed by atoms with Crippen LogP contribution in [0, 0.1) is 0 Å². The van der Waals surface area contributed by atoms with Crippen LogP contribution < -0.4 is 10.6 Å². The van der Waals surface area contributed by atoms with Crippen LogP contribution in [0.1, 0.15) is 37.4 Å². The lowest BCUT2D eigenvalue weighted by Crippen LogP contribution is -2.24. The van der Waals surface area contributed by atoms with Crippen molar-refractivity contribution in [1.29, 1.82) is 0 Å². The summed E-state index contributed by atoms with van der Waals surface area (Å²) in [5.74, 6) is -0.105. The number of rotatable bonds is 2. The zero-order valence-corrected chi connectivity index (χ0v) is 10.0. The SMILES string of the molecule is CC(=O)Nc1ccc2c(c1)C(NC(C)=O)CC2. The van der Waals surface area contributed by atoms with Crippen LogP contribution in [0.5, 0.6) is 0 Å². The fourth-order valence-electron chi connectivity index (χ4n) is 2.28. The Kier molecular flexibility index (Phi) is 3.13. The minimum absolute atomic E-state index is 0.0206. The first-order valence-electron chi connectivity index (χ1n) is 5.74. The molecular weight excluding hydrogens is 216 g/mol. The summed E-state index contributed by atoms with van der Waals surface area (Å²) >= 11 is 0. The zero-order chi connectivity index (χ0) is 12.4. The first-order chi connectivity index (χ1) is 8.06. The first-order valence-corrected chi connectivity index (χ1v) is 5.74. The molecule has 1 atom stereocenters. The minimum Gasteiger partial charge on any atom is -0.350 e. The van der Waals surface area contributed by atoms with Gasteiger partial charge in [-0.25, -0.2) is 0 Å². The third kappa shape index (κ3) is 2.64. The van der Waals surface area contributed by atoms with Crippen LogP contribution in [-0.2, 0) is 16.0 Å². The lowest BCUT2D eigenvalue weighted by Gasteiger charge is -2.13. The second kappa shape index (κ2) is 4.57. The van der Waals surface area contributed by atoms with Crippen molar-refractivity contribution in [3.63, 3.8) is 0 Å². The Balaban J connectivity index is 2.24. The van der Waals surface area contributed by atoms with Crippen molar-refractivity contribution in [2.75, 3.05) is 5.32 Å². The molecule has 1 unspecified atom stereocenters. The fraction of sp³-hybridized carbons (Fsp3) is 0.385. The van der Waals surface area contributed by atoms with E-state index in [1.165, 1.54) is 19.4 Å². The average Bonchev–Trinajstić information content (AvgIpc) is 2.59. The van der Waals surface area contributed by atoms with Gasteiger partial charge in [0.2, 0.25) is 11.8 Å². The quantitative estimate of drug-likeness (QED) is 0.816. The van der Waals surface area contributed by atoms with Gasteiger partial charge in [-0.1, -0.05) is 6.07 Å². The highest BCUT2D eigenvalue weighted by molar-refractivity contribution is 5.88. The molecule has 90 valence electrons. The second-order valence-corrected chi connectivity index (χ2v) is 4.39. The van der Waals surface area contributed by atoms with Gasteiger partial charge in [0.15, 0.2) is 0 Å². The molecule has 0 aromatic heterocycles. The van der Waals surface area contributed by atoms with Gasteiger partial charge in [0.1, 0.15) is 0 Å². The molecule has 0 radical (unpaired) electrons. The summed E-state index contributed by atoms with van der Waals surface area (Å²) < 4.78 is 0. The molecule has 0 bridgehead atoms. The number of hydrogen-bond acceptors (Lipinski definition) is 2. The molecule has 0 heterocycles. The summed E-state index contributed by atoms with van der Waals surface area (Å²) in [6.45, 7) is 3.01. The summed E-state index contributed by atoms with van der Waals surface area (Å²) in [7, 11) is 0. The number of amides is 2. The van der Waals surface area contributed by atoms with Crippen LogP contribution in [0.25, 0.3) is 0 Å².